The molecule has 3 amide bonds. The van der Waals surface area contributed by atoms with Gasteiger partial charge in [-0.2, -0.15) is 0 Å². The molecule has 0 spiro atoms. The fraction of sp³-hybridized carbons (Fsp3) is 0.214. The number of piperidine rings is 1. The van der Waals surface area contributed by atoms with E-state index in [0.717, 1.165) is 49.8 Å². The van der Waals surface area contributed by atoms with E-state index in [4.69, 9.17) is 9.40 Å². The Morgan fingerprint density at radius 2 is 1.85 bits per heavy atom. The summed E-state index contributed by atoms with van der Waals surface area (Å²) in [4.78, 5) is 63.4. The van der Waals surface area contributed by atoms with Crippen molar-refractivity contribution >= 4 is 50.6 Å². The number of hydrogen-bond donors (Lipinski definition) is 2. The first-order valence-corrected chi connectivity index (χ1v) is 17.6. The van der Waals surface area contributed by atoms with Crippen LogP contribution in [0.2, 0.25) is 0 Å². The van der Waals surface area contributed by atoms with E-state index in [1.165, 1.54) is 6.26 Å². The van der Waals surface area contributed by atoms with Gasteiger partial charge in [0.15, 0.2) is 5.58 Å². The Hall–Kier alpha value is -6.87. The molecule has 1 atom stereocenters. The molecule has 5 aromatic heterocycles. The van der Waals surface area contributed by atoms with Gasteiger partial charge in [0.05, 0.1) is 35.5 Å². The van der Waals surface area contributed by atoms with Gasteiger partial charge in [-0.15, -0.1) is 0 Å². The molecular weight excluding hydrogens is 683 g/mol. The molecule has 1 saturated heterocycles. The Labute approximate surface area is 309 Å². The molecule has 12 nitrogen and oxygen atoms in total. The second-order valence-corrected chi connectivity index (χ2v) is 13.7. The molecule has 0 radical (unpaired) electrons. The number of carbonyl (C=O) groups excluding carboxylic acids is 3. The maximum absolute atomic E-state index is 12.9. The first kappa shape index (κ1) is 34.2. The summed E-state index contributed by atoms with van der Waals surface area (Å²) in [6.45, 7) is 4.33. The summed E-state index contributed by atoms with van der Waals surface area (Å²) < 4.78 is 9.00. The van der Waals surface area contributed by atoms with E-state index in [0.29, 0.717) is 28.8 Å². The number of pyridine rings is 3. The number of nitrogens with zero attached hydrogens (tertiary/aromatic N) is 5. The van der Waals surface area contributed by atoms with Crippen LogP contribution in [0, 0.1) is 11.8 Å². The van der Waals surface area contributed by atoms with Crippen molar-refractivity contribution in [1.29, 1.82) is 0 Å². The maximum Gasteiger partial charge on any atom is 0.328 e. The van der Waals surface area contributed by atoms with Gasteiger partial charge in [-0.3, -0.25) is 38.8 Å². The molecule has 1 unspecified atom stereocenters. The zero-order valence-corrected chi connectivity index (χ0v) is 30.1. The number of hydrogen-bond acceptors (Lipinski definition) is 8. The van der Waals surface area contributed by atoms with Crippen LogP contribution >= 0.6 is 0 Å². The van der Waals surface area contributed by atoms with Crippen LogP contribution < -0.4 is 16.3 Å². The van der Waals surface area contributed by atoms with Crippen LogP contribution in [-0.2, 0) is 23.7 Å². The van der Waals surface area contributed by atoms with E-state index < -0.39 is 5.92 Å². The highest BCUT2D eigenvalue weighted by Crippen LogP contribution is 2.36. The topological polar surface area (TPSA) is 154 Å². The molecule has 2 N–H and O–H groups in total. The lowest BCUT2D eigenvalue weighted by molar-refractivity contribution is -0.134. The number of aromatic nitrogens is 5. The SMILES string of the molecule is CC(C)c1cc(-c2cccc3cc(-c4ccc(C(=O)NCC#Cc5ccc6occ(C7CCC(=O)NC7=O)c6n5)nc4)ncc23)cc2c1n(C)c(=O)n2C. The van der Waals surface area contributed by atoms with Gasteiger partial charge in [0.2, 0.25) is 11.8 Å². The molecule has 268 valence electrons. The summed E-state index contributed by atoms with van der Waals surface area (Å²) in [6.07, 6.45) is 5.62. The summed E-state index contributed by atoms with van der Waals surface area (Å²) >= 11 is 0. The lowest BCUT2D eigenvalue weighted by Crippen LogP contribution is -2.39. The largest absolute Gasteiger partial charge is 0.462 e. The number of fused-ring (bicyclic) bond motifs is 3. The Morgan fingerprint density at radius 1 is 1.00 bits per heavy atom. The molecule has 0 aliphatic carbocycles. The highest BCUT2D eigenvalue weighted by atomic mass is 16.3. The minimum atomic E-state index is -0.526. The van der Waals surface area contributed by atoms with Gasteiger partial charge in [0.25, 0.3) is 5.91 Å². The molecule has 1 aliphatic heterocycles. The van der Waals surface area contributed by atoms with Crippen LogP contribution in [-0.4, -0.2) is 48.4 Å². The Balaban J connectivity index is 0.968. The molecule has 1 aliphatic rings. The first-order chi connectivity index (χ1) is 26.1. The normalized spacial score (nSPS) is 14.4. The van der Waals surface area contributed by atoms with Crippen molar-refractivity contribution < 1.29 is 18.8 Å². The third kappa shape index (κ3) is 6.09. The van der Waals surface area contributed by atoms with Crippen molar-refractivity contribution in [2.75, 3.05) is 6.54 Å². The summed E-state index contributed by atoms with van der Waals surface area (Å²) in [5.74, 6) is 4.52. The molecule has 8 rings (SSSR count). The molecule has 7 aromatic rings. The smallest absolute Gasteiger partial charge is 0.328 e. The van der Waals surface area contributed by atoms with E-state index in [9.17, 15) is 19.2 Å². The summed E-state index contributed by atoms with van der Waals surface area (Å²) in [6, 6.07) is 19.3. The standard InChI is InChI=1S/C42H35N7O5/c1-23(2)30-17-26(19-35-39(30)49(4)42(53)48(35)3)28-9-5-7-24-18-34(45-21-31(24)28)25-10-13-33(44-20-25)41(52)43-16-6-8-27-11-14-36-38(46-27)32(22-54-36)29-12-15-37(50)47-40(29)51/h5,7,9-11,13-14,17-23,29H,12,15-16H2,1-4H3,(H,43,52)(H,47,50,51). The molecule has 54 heavy (non-hydrogen) atoms. The van der Waals surface area contributed by atoms with E-state index in [1.54, 1.807) is 40.6 Å². The van der Waals surface area contributed by atoms with E-state index >= 15 is 0 Å². The van der Waals surface area contributed by atoms with Crippen LogP contribution in [0.3, 0.4) is 0 Å². The Kier molecular flexibility index (Phi) is 8.62. The predicted octanol–water partition coefficient (Wildman–Crippen LogP) is 5.72. The fourth-order valence-corrected chi connectivity index (χ4v) is 7.13. The van der Waals surface area contributed by atoms with Gasteiger partial charge in [0, 0.05) is 49.4 Å². The summed E-state index contributed by atoms with van der Waals surface area (Å²) in [5.41, 5.74) is 8.75. The highest BCUT2D eigenvalue weighted by molar-refractivity contribution is 6.02. The van der Waals surface area contributed by atoms with Crippen molar-refractivity contribution in [3.05, 3.63) is 112 Å². The zero-order chi connectivity index (χ0) is 37.7. The van der Waals surface area contributed by atoms with Crippen molar-refractivity contribution in [2.24, 2.45) is 14.1 Å². The van der Waals surface area contributed by atoms with Crippen LogP contribution in [0.1, 0.15) is 65.8 Å². The molecule has 12 heteroatoms. The van der Waals surface area contributed by atoms with Crippen molar-refractivity contribution in [2.45, 2.75) is 38.5 Å². The predicted molar refractivity (Wildman–Crippen MR) is 205 cm³/mol. The lowest BCUT2D eigenvalue weighted by atomic mass is 9.91. The summed E-state index contributed by atoms with van der Waals surface area (Å²) in [7, 11) is 3.62. The highest BCUT2D eigenvalue weighted by Gasteiger charge is 2.31. The van der Waals surface area contributed by atoms with Crippen molar-refractivity contribution in [3.8, 4) is 34.2 Å². The second-order valence-electron chi connectivity index (χ2n) is 13.7. The van der Waals surface area contributed by atoms with Crippen LogP contribution in [0.15, 0.2) is 88.5 Å². The number of nitrogens with one attached hydrogen (secondary N) is 2. The number of benzene rings is 2. The zero-order valence-electron chi connectivity index (χ0n) is 30.1. The molecule has 6 heterocycles. The van der Waals surface area contributed by atoms with E-state index in [-0.39, 0.29) is 48.0 Å². The minimum Gasteiger partial charge on any atom is -0.462 e. The average Bonchev–Trinajstić information content (AvgIpc) is 3.69. The van der Waals surface area contributed by atoms with Crippen molar-refractivity contribution in [3.63, 3.8) is 0 Å². The summed E-state index contributed by atoms with van der Waals surface area (Å²) in [5, 5.41) is 7.12. The molecule has 0 saturated carbocycles. The number of amides is 3. The van der Waals surface area contributed by atoms with Gasteiger partial charge >= 0.3 is 5.69 Å². The number of imidazole rings is 1. The van der Waals surface area contributed by atoms with Crippen LogP contribution in [0.5, 0.6) is 0 Å². The number of aryl methyl sites for hydroxylation is 2. The Morgan fingerprint density at radius 3 is 2.63 bits per heavy atom. The Bertz CT molecular complexity index is 2800. The van der Waals surface area contributed by atoms with Crippen LogP contribution in [0.4, 0.5) is 0 Å². The number of furan rings is 1. The van der Waals surface area contributed by atoms with Gasteiger partial charge in [-0.25, -0.2) is 9.78 Å². The lowest BCUT2D eigenvalue weighted by Gasteiger charge is -2.19. The number of rotatable bonds is 6. The third-order valence-corrected chi connectivity index (χ3v) is 9.99. The van der Waals surface area contributed by atoms with Gasteiger partial charge in [-0.1, -0.05) is 38.0 Å². The third-order valence-electron chi connectivity index (χ3n) is 9.99. The molecule has 2 aromatic carbocycles. The monoisotopic (exact) mass is 717 g/mol. The molecule has 1 fully saturated rings. The van der Waals surface area contributed by atoms with Gasteiger partial charge in [0.1, 0.15) is 16.9 Å². The first-order valence-electron chi connectivity index (χ1n) is 17.6. The fourth-order valence-electron chi connectivity index (χ4n) is 7.13. The second kappa shape index (κ2) is 13.6. The quantitative estimate of drug-likeness (QED) is 0.164. The molecular formula is C42H35N7O5. The number of imide groups is 1. The molecule has 0 bridgehead atoms. The van der Waals surface area contributed by atoms with Gasteiger partial charge < -0.3 is 9.73 Å². The van der Waals surface area contributed by atoms with E-state index in [2.05, 4.69) is 64.5 Å². The van der Waals surface area contributed by atoms with Crippen LogP contribution in [0.25, 0.3) is 55.3 Å². The van der Waals surface area contributed by atoms with Gasteiger partial charge in [-0.05, 0) is 82.8 Å². The average molecular weight is 718 g/mol. The maximum atomic E-state index is 12.9. The number of carbonyl (C=O) groups is 3. The van der Waals surface area contributed by atoms with E-state index in [1.807, 2.05) is 37.5 Å². The minimum absolute atomic E-state index is 0.0546. The van der Waals surface area contributed by atoms with Crippen molar-refractivity contribution in [1.82, 2.24) is 34.7 Å².